The Hall–Kier alpha value is -1.92. The number of ether oxygens (including phenoxy) is 2. The molecule has 35 heavy (non-hydrogen) atoms. The molecule has 0 heterocycles. The fraction of sp³-hybridized carbons (Fsp3) is 0.724. The first-order chi connectivity index (χ1) is 16.6. The lowest BCUT2D eigenvalue weighted by Crippen LogP contribution is -2.62. The maximum absolute atomic E-state index is 12.6. The van der Waals surface area contributed by atoms with Gasteiger partial charge in [0, 0.05) is 18.8 Å². The summed E-state index contributed by atoms with van der Waals surface area (Å²) in [5, 5.41) is 23.4. The van der Waals surface area contributed by atoms with Crippen molar-refractivity contribution >= 4 is 11.9 Å². The lowest BCUT2D eigenvalue weighted by atomic mass is 9.45. The first kappa shape index (κ1) is 24.8. The Morgan fingerprint density at radius 2 is 1.77 bits per heavy atom. The lowest BCUT2D eigenvalue weighted by molar-refractivity contribution is -0.215. The second kappa shape index (κ2) is 9.19. The van der Waals surface area contributed by atoms with Gasteiger partial charge in [0.2, 0.25) is 0 Å². The van der Waals surface area contributed by atoms with E-state index in [-0.39, 0.29) is 53.2 Å². The van der Waals surface area contributed by atoms with Crippen LogP contribution < -0.4 is 0 Å². The zero-order valence-corrected chi connectivity index (χ0v) is 21.2. The van der Waals surface area contributed by atoms with E-state index >= 15 is 0 Å². The molecule has 4 aliphatic rings. The van der Waals surface area contributed by atoms with E-state index in [2.05, 4.69) is 6.92 Å². The second-order valence-electron chi connectivity index (χ2n) is 12.0. The van der Waals surface area contributed by atoms with Crippen molar-refractivity contribution in [2.45, 2.75) is 96.1 Å². The first-order valence-electron chi connectivity index (χ1n) is 13.5. The SMILES string of the molecule is CC(=O)OC(C)[C@H]1CC[C@]2(O)C3CC[C@@H]4C[C@@H](OC(=O)c5ccccc5)CC[C@]4(C)C3C[C@@H](O)[C@H]12. The van der Waals surface area contributed by atoms with Gasteiger partial charge in [-0.2, -0.15) is 0 Å². The molecule has 10 atom stereocenters. The van der Waals surface area contributed by atoms with Crippen LogP contribution in [0.15, 0.2) is 30.3 Å². The lowest BCUT2D eigenvalue weighted by Gasteiger charge is -2.62. The minimum atomic E-state index is -0.911. The molecule has 0 aromatic heterocycles. The predicted octanol–water partition coefficient (Wildman–Crippen LogP) is 4.52. The third-order valence-corrected chi connectivity index (χ3v) is 10.4. The van der Waals surface area contributed by atoms with E-state index in [9.17, 15) is 19.8 Å². The minimum Gasteiger partial charge on any atom is -0.463 e. The van der Waals surface area contributed by atoms with Crippen LogP contribution in [0.25, 0.3) is 0 Å². The zero-order chi connectivity index (χ0) is 25.0. The molecule has 5 rings (SSSR count). The Labute approximate surface area is 208 Å². The van der Waals surface area contributed by atoms with Gasteiger partial charge >= 0.3 is 11.9 Å². The molecule has 1 aromatic rings. The van der Waals surface area contributed by atoms with E-state index in [1.807, 2.05) is 25.1 Å². The molecule has 0 spiro atoms. The number of benzene rings is 1. The number of hydrogen-bond donors (Lipinski definition) is 2. The Morgan fingerprint density at radius 3 is 2.49 bits per heavy atom. The maximum atomic E-state index is 12.6. The topological polar surface area (TPSA) is 93.1 Å². The molecule has 0 amide bonds. The van der Waals surface area contributed by atoms with E-state index in [0.717, 1.165) is 38.5 Å². The van der Waals surface area contributed by atoms with Crippen molar-refractivity contribution in [2.75, 3.05) is 0 Å². The summed E-state index contributed by atoms with van der Waals surface area (Å²) in [6.45, 7) is 5.65. The van der Waals surface area contributed by atoms with E-state index in [1.54, 1.807) is 12.1 Å². The van der Waals surface area contributed by atoms with Crippen molar-refractivity contribution in [2.24, 2.45) is 35.0 Å². The van der Waals surface area contributed by atoms with Crippen LogP contribution in [-0.2, 0) is 14.3 Å². The largest absolute Gasteiger partial charge is 0.463 e. The standard InChI is InChI=1S/C29H40O6/c1-17(34-18(2)30)22-12-14-29(33)23-10-9-20-15-21(35-27(32)19-7-5-4-6-8-19)11-13-28(20,3)24(23)16-25(31)26(22)29/h4-8,17,20-26,31,33H,9-16H2,1-3H3/t17?,20-,21+,22-,23?,24?,25-,26+,28+,29+/m1/s1. The average Bonchev–Trinajstić information content (AvgIpc) is 3.19. The molecule has 4 saturated carbocycles. The van der Waals surface area contributed by atoms with Gasteiger partial charge in [0.25, 0.3) is 0 Å². The van der Waals surface area contributed by atoms with Gasteiger partial charge in [-0.3, -0.25) is 4.79 Å². The fourth-order valence-corrected chi connectivity index (χ4v) is 8.74. The molecule has 0 bridgehead atoms. The maximum Gasteiger partial charge on any atom is 0.338 e. The van der Waals surface area contributed by atoms with Gasteiger partial charge in [0.15, 0.2) is 0 Å². The molecule has 0 aliphatic heterocycles. The van der Waals surface area contributed by atoms with Crippen LogP contribution in [0.2, 0.25) is 0 Å². The average molecular weight is 485 g/mol. The van der Waals surface area contributed by atoms with Crippen LogP contribution in [0.1, 0.15) is 82.5 Å². The summed E-state index contributed by atoms with van der Waals surface area (Å²) in [5.41, 5.74) is -0.307. The van der Waals surface area contributed by atoms with Crippen molar-refractivity contribution < 1.29 is 29.3 Å². The zero-order valence-electron chi connectivity index (χ0n) is 21.2. The normalized spacial score (nSPS) is 43.3. The van der Waals surface area contributed by atoms with E-state index in [0.29, 0.717) is 24.3 Å². The highest BCUT2D eigenvalue weighted by Crippen LogP contribution is 2.65. The molecule has 0 radical (unpaired) electrons. The molecule has 0 saturated heterocycles. The Bertz CT molecular complexity index is 948. The van der Waals surface area contributed by atoms with Crippen molar-refractivity contribution in [1.29, 1.82) is 0 Å². The molecule has 3 unspecified atom stereocenters. The Morgan fingerprint density at radius 1 is 1.03 bits per heavy atom. The van der Waals surface area contributed by atoms with Crippen molar-refractivity contribution in [3.05, 3.63) is 35.9 Å². The third-order valence-electron chi connectivity index (χ3n) is 10.4. The Balaban J connectivity index is 1.30. The number of carbonyl (C=O) groups excluding carboxylic acids is 2. The van der Waals surface area contributed by atoms with Crippen LogP contribution >= 0.6 is 0 Å². The van der Waals surface area contributed by atoms with E-state index in [1.165, 1.54) is 6.92 Å². The minimum absolute atomic E-state index is 0.0137. The summed E-state index contributed by atoms with van der Waals surface area (Å²) < 4.78 is 11.4. The molecule has 192 valence electrons. The molecule has 4 fully saturated rings. The summed E-state index contributed by atoms with van der Waals surface area (Å²) in [4.78, 5) is 24.2. The van der Waals surface area contributed by atoms with Crippen molar-refractivity contribution in [3.63, 3.8) is 0 Å². The summed E-state index contributed by atoms with van der Waals surface area (Å²) >= 11 is 0. The third kappa shape index (κ3) is 4.21. The number of esters is 2. The summed E-state index contributed by atoms with van der Waals surface area (Å²) in [6.07, 6.45) is 5.66. The highest BCUT2D eigenvalue weighted by molar-refractivity contribution is 5.89. The highest BCUT2D eigenvalue weighted by Gasteiger charge is 2.65. The van der Waals surface area contributed by atoms with Crippen LogP contribution in [0.5, 0.6) is 0 Å². The van der Waals surface area contributed by atoms with E-state index < -0.39 is 11.7 Å². The summed E-state index contributed by atoms with van der Waals surface area (Å²) in [7, 11) is 0. The van der Waals surface area contributed by atoms with Gasteiger partial charge < -0.3 is 19.7 Å². The van der Waals surface area contributed by atoms with Gasteiger partial charge in [-0.25, -0.2) is 4.79 Å². The molecule has 6 nitrogen and oxygen atoms in total. The molecule has 4 aliphatic carbocycles. The summed E-state index contributed by atoms with van der Waals surface area (Å²) in [6, 6.07) is 9.17. The van der Waals surface area contributed by atoms with Crippen LogP contribution in [0.4, 0.5) is 0 Å². The fourth-order valence-electron chi connectivity index (χ4n) is 8.74. The van der Waals surface area contributed by atoms with Crippen LogP contribution in [0, 0.1) is 35.0 Å². The summed E-state index contributed by atoms with van der Waals surface area (Å²) in [5.74, 6) is -0.0254. The number of hydrogen-bond acceptors (Lipinski definition) is 6. The molecular weight excluding hydrogens is 444 g/mol. The molecule has 1 aromatic carbocycles. The molecule has 2 N–H and O–H groups in total. The number of fused-ring (bicyclic) bond motifs is 5. The van der Waals surface area contributed by atoms with Crippen LogP contribution in [0.3, 0.4) is 0 Å². The van der Waals surface area contributed by atoms with Gasteiger partial charge in [-0.05, 0) is 93.6 Å². The predicted molar refractivity (Wildman–Crippen MR) is 130 cm³/mol. The quantitative estimate of drug-likeness (QED) is 0.611. The number of aliphatic hydroxyl groups excluding tert-OH is 1. The van der Waals surface area contributed by atoms with Crippen molar-refractivity contribution in [1.82, 2.24) is 0 Å². The number of aliphatic hydroxyl groups is 2. The second-order valence-corrected chi connectivity index (χ2v) is 12.0. The van der Waals surface area contributed by atoms with Crippen molar-refractivity contribution in [3.8, 4) is 0 Å². The smallest absolute Gasteiger partial charge is 0.338 e. The molecule has 6 heteroatoms. The van der Waals surface area contributed by atoms with Crippen LogP contribution in [-0.4, -0.2) is 46.1 Å². The van der Waals surface area contributed by atoms with Gasteiger partial charge in [-0.15, -0.1) is 0 Å². The Kier molecular flexibility index (Phi) is 6.50. The van der Waals surface area contributed by atoms with E-state index in [4.69, 9.17) is 9.47 Å². The van der Waals surface area contributed by atoms with Gasteiger partial charge in [0.1, 0.15) is 12.2 Å². The van der Waals surface area contributed by atoms with Gasteiger partial charge in [0.05, 0.1) is 17.3 Å². The molecular formula is C29H40O6. The monoisotopic (exact) mass is 484 g/mol. The number of rotatable bonds is 4. The van der Waals surface area contributed by atoms with Gasteiger partial charge in [-0.1, -0.05) is 25.1 Å². The number of carbonyl (C=O) groups is 2. The highest BCUT2D eigenvalue weighted by atomic mass is 16.5. The first-order valence-corrected chi connectivity index (χ1v) is 13.5.